The van der Waals surface area contributed by atoms with Crippen LogP contribution in [-0.2, 0) is 13.1 Å². The van der Waals surface area contributed by atoms with Crippen molar-refractivity contribution < 1.29 is 9.90 Å². The number of urea groups is 1. The monoisotopic (exact) mass is 319 g/mol. The van der Waals surface area contributed by atoms with E-state index in [4.69, 9.17) is 0 Å². The number of nitrogens with one attached hydrogen (secondary N) is 1. The van der Waals surface area contributed by atoms with Crippen LogP contribution in [-0.4, -0.2) is 54.2 Å². The van der Waals surface area contributed by atoms with Crippen LogP contribution >= 0.6 is 0 Å². The lowest BCUT2D eigenvalue weighted by Crippen LogP contribution is -2.47. The highest BCUT2D eigenvalue weighted by molar-refractivity contribution is 5.74. The Morgan fingerprint density at radius 1 is 1.35 bits per heavy atom. The summed E-state index contributed by atoms with van der Waals surface area (Å²) in [5.41, 5.74) is 2.37. The molecule has 0 aliphatic carbocycles. The van der Waals surface area contributed by atoms with Crippen LogP contribution in [0.3, 0.4) is 0 Å². The van der Waals surface area contributed by atoms with Crippen LogP contribution in [0.4, 0.5) is 4.79 Å². The summed E-state index contributed by atoms with van der Waals surface area (Å²) in [5.74, 6) is 0.194. The van der Waals surface area contributed by atoms with E-state index in [2.05, 4.69) is 34.5 Å². The summed E-state index contributed by atoms with van der Waals surface area (Å²) in [7, 11) is 4.10. The van der Waals surface area contributed by atoms with Crippen LogP contribution in [0.2, 0.25) is 0 Å². The van der Waals surface area contributed by atoms with Gasteiger partial charge >= 0.3 is 6.03 Å². The van der Waals surface area contributed by atoms with Gasteiger partial charge in [-0.2, -0.15) is 0 Å². The van der Waals surface area contributed by atoms with Gasteiger partial charge in [0.25, 0.3) is 0 Å². The lowest BCUT2D eigenvalue weighted by atomic mass is 9.94. The Morgan fingerprint density at radius 3 is 2.61 bits per heavy atom. The molecular weight excluding hydrogens is 290 g/mol. The van der Waals surface area contributed by atoms with Crippen molar-refractivity contribution in [2.45, 2.75) is 39.0 Å². The van der Waals surface area contributed by atoms with Gasteiger partial charge in [-0.1, -0.05) is 24.3 Å². The summed E-state index contributed by atoms with van der Waals surface area (Å²) in [6.07, 6.45) is 1.60. The molecule has 0 aromatic heterocycles. The standard InChI is InChI=1S/C18H29N3O2/c1-14(22)17-5-4-10-21(13-17)18(23)19-11-15-6-8-16(9-7-15)12-20(2)3/h6-9,14,17,22H,4-5,10-13H2,1-3H3,(H,19,23). The molecule has 1 aromatic rings. The molecule has 0 saturated carbocycles. The molecule has 2 N–H and O–H groups in total. The summed E-state index contributed by atoms with van der Waals surface area (Å²) in [6.45, 7) is 4.68. The Bertz CT molecular complexity index is 499. The molecule has 2 rings (SSSR count). The molecule has 2 unspecified atom stereocenters. The van der Waals surface area contributed by atoms with E-state index in [0.717, 1.165) is 31.5 Å². The Labute approximate surface area is 139 Å². The second-order valence-corrected chi connectivity index (χ2v) is 6.80. The maximum Gasteiger partial charge on any atom is 0.317 e. The highest BCUT2D eigenvalue weighted by atomic mass is 16.3. The fourth-order valence-electron chi connectivity index (χ4n) is 3.01. The number of amides is 2. The van der Waals surface area contributed by atoms with Crippen molar-refractivity contribution in [3.8, 4) is 0 Å². The van der Waals surface area contributed by atoms with E-state index in [9.17, 15) is 9.90 Å². The minimum absolute atomic E-state index is 0.0345. The number of carbonyl (C=O) groups excluding carboxylic acids is 1. The summed E-state index contributed by atoms with van der Waals surface area (Å²) >= 11 is 0. The molecule has 1 aliphatic heterocycles. The van der Waals surface area contributed by atoms with Gasteiger partial charge < -0.3 is 20.2 Å². The normalized spacial score (nSPS) is 19.7. The molecule has 1 saturated heterocycles. The number of nitrogens with zero attached hydrogens (tertiary/aromatic N) is 2. The van der Waals surface area contributed by atoms with Gasteiger partial charge in [0.2, 0.25) is 0 Å². The third-order valence-electron chi connectivity index (χ3n) is 4.39. The fraction of sp³-hybridized carbons (Fsp3) is 0.611. The van der Waals surface area contributed by atoms with Crippen molar-refractivity contribution in [3.63, 3.8) is 0 Å². The van der Waals surface area contributed by atoms with Crippen molar-refractivity contribution in [2.75, 3.05) is 27.2 Å². The second kappa shape index (κ2) is 8.31. The fourth-order valence-corrected chi connectivity index (χ4v) is 3.01. The zero-order chi connectivity index (χ0) is 16.8. The number of aliphatic hydroxyl groups excluding tert-OH is 1. The SMILES string of the molecule is CC(O)C1CCCN(C(=O)NCc2ccc(CN(C)C)cc2)C1. The molecule has 1 aromatic carbocycles. The molecule has 128 valence electrons. The van der Waals surface area contributed by atoms with Crippen molar-refractivity contribution in [3.05, 3.63) is 35.4 Å². The first kappa shape index (κ1) is 17.8. The Morgan fingerprint density at radius 2 is 2.00 bits per heavy atom. The molecule has 2 atom stereocenters. The highest BCUT2D eigenvalue weighted by Gasteiger charge is 2.26. The minimum atomic E-state index is -0.352. The lowest BCUT2D eigenvalue weighted by molar-refractivity contribution is 0.0738. The maximum atomic E-state index is 12.3. The van der Waals surface area contributed by atoms with Crippen LogP contribution in [0.25, 0.3) is 0 Å². The average molecular weight is 319 g/mol. The van der Waals surface area contributed by atoms with Crippen LogP contribution in [0, 0.1) is 5.92 Å². The zero-order valence-corrected chi connectivity index (χ0v) is 14.5. The van der Waals surface area contributed by atoms with Crippen LogP contribution < -0.4 is 5.32 Å². The Hall–Kier alpha value is -1.59. The molecule has 1 aliphatic rings. The molecule has 23 heavy (non-hydrogen) atoms. The third kappa shape index (κ3) is 5.52. The number of aliphatic hydroxyl groups is 1. The quantitative estimate of drug-likeness (QED) is 0.873. The zero-order valence-electron chi connectivity index (χ0n) is 14.5. The van der Waals surface area contributed by atoms with Crippen molar-refractivity contribution in [2.24, 2.45) is 5.92 Å². The van der Waals surface area contributed by atoms with E-state index in [0.29, 0.717) is 13.1 Å². The summed E-state index contributed by atoms with van der Waals surface area (Å²) < 4.78 is 0. The largest absolute Gasteiger partial charge is 0.393 e. The van der Waals surface area contributed by atoms with Gasteiger partial charge in [0.1, 0.15) is 0 Å². The molecule has 0 radical (unpaired) electrons. The molecule has 0 bridgehead atoms. The smallest absolute Gasteiger partial charge is 0.317 e. The number of carbonyl (C=O) groups is 1. The summed E-state index contributed by atoms with van der Waals surface area (Å²) in [6, 6.07) is 8.30. The van der Waals surface area contributed by atoms with Crippen molar-refractivity contribution >= 4 is 6.03 Å². The molecule has 5 nitrogen and oxygen atoms in total. The van der Waals surface area contributed by atoms with Gasteiger partial charge in [-0.05, 0) is 45.0 Å². The second-order valence-electron chi connectivity index (χ2n) is 6.80. The minimum Gasteiger partial charge on any atom is -0.393 e. The molecule has 1 heterocycles. The van der Waals surface area contributed by atoms with E-state index >= 15 is 0 Å². The molecule has 1 fully saturated rings. The molecule has 0 spiro atoms. The predicted molar refractivity (Wildman–Crippen MR) is 92.0 cm³/mol. The molecule has 5 heteroatoms. The predicted octanol–water partition coefficient (Wildman–Crippen LogP) is 2.05. The van der Waals surface area contributed by atoms with Gasteiger partial charge in [0.15, 0.2) is 0 Å². The third-order valence-corrected chi connectivity index (χ3v) is 4.39. The number of hydrogen-bond acceptors (Lipinski definition) is 3. The van der Waals surface area contributed by atoms with E-state index < -0.39 is 0 Å². The first-order valence-corrected chi connectivity index (χ1v) is 8.39. The van der Waals surface area contributed by atoms with E-state index in [-0.39, 0.29) is 18.1 Å². The number of likely N-dealkylation sites (tertiary alicyclic amines) is 1. The first-order valence-electron chi connectivity index (χ1n) is 8.39. The Balaban J connectivity index is 1.81. The maximum absolute atomic E-state index is 12.3. The number of rotatable bonds is 5. The van der Waals surface area contributed by atoms with Gasteiger partial charge in [-0.15, -0.1) is 0 Å². The Kier molecular flexibility index (Phi) is 6.42. The number of piperidine rings is 1. The number of hydrogen-bond donors (Lipinski definition) is 2. The topological polar surface area (TPSA) is 55.8 Å². The van der Waals surface area contributed by atoms with Crippen LogP contribution in [0.5, 0.6) is 0 Å². The number of benzene rings is 1. The van der Waals surface area contributed by atoms with Crippen molar-refractivity contribution in [1.82, 2.24) is 15.1 Å². The van der Waals surface area contributed by atoms with Gasteiger partial charge in [-0.3, -0.25) is 0 Å². The van der Waals surface area contributed by atoms with E-state index in [1.807, 2.05) is 19.0 Å². The van der Waals surface area contributed by atoms with Gasteiger partial charge in [-0.25, -0.2) is 4.79 Å². The summed E-state index contributed by atoms with van der Waals surface area (Å²) in [4.78, 5) is 16.2. The van der Waals surface area contributed by atoms with Gasteiger partial charge in [0, 0.05) is 32.1 Å². The lowest BCUT2D eigenvalue weighted by Gasteiger charge is -2.34. The van der Waals surface area contributed by atoms with E-state index in [1.165, 1.54) is 5.56 Å². The highest BCUT2D eigenvalue weighted by Crippen LogP contribution is 2.19. The van der Waals surface area contributed by atoms with Crippen molar-refractivity contribution in [1.29, 1.82) is 0 Å². The van der Waals surface area contributed by atoms with E-state index in [1.54, 1.807) is 6.92 Å². The van der Waals surface area contributed by atoms with Crippen LogP contribution in [0.1, 0.15) is 30.9 Å². The van der Waals surface area contributed by atoms with Gasteiger partial charge in [0.05, 0.1) is 6.10 Å². The molecule has 2 amide bonds. The first-order chi connectivity index (χ1) is 11.0. The molecular formula is C18H29N3O2. The summed E-state index contributed by atoms with van der Waals surface area (Å²) in [5, 5.41) is 12.7. The average Bonchev–Trinajstić information content (AvgIpc) is 2.53. The van der Waals surface area contributed by atoms with Crippen LogP contribution in [0.15, 0.2) is 24.3 Å².